The molecular formula is C28H53N3O7S2. The Morgan fingerprint density at radius 2 is 1.43 bits per heavy atom. The van der Waals surface area contributed by atoms with Crippen LogP contribution < -0.4 is 16.0 Å². The molecule has 0 radical (unpaired) electrons. The van der Waals surface area contributed by atoms with Gasteiger partial charge in [-0.15, -0.1) is 0 Å². The van der Waals surface area contributed by atoms with Crippen molar-refractivity contribution >= 4 is 33.8 Å². The summed E-state index contributed by atoms with van der Waals surface area (Å²) in [6.07, 6.45) is 1.37. The normalized spacial score (nSPS) is 12.1. The quantitative estimate of drug-likeness (QED) is 0.0646. The summed E-state index contributed by atoms with van der Waals surface area (Å²) in [4.78, 5) is 23.4. The maximum atomic E-state index is 11.9. The van der Waals surface area contributed by atoms with Crippen molar-refractivity contribution in [2.24, 2.45) is 5.92 Å². The fourth-order valence-electron chi connectivity index (χ4n) is 2.72. The van der Waals surface area contributed by atoms with Crippen molar-refractivity contribution < 1.29 is 33.3 Å². The van der Waals surface area contributed by atoms with Gasteiger partial charge in [-0.1, -0.05) is 61.1 Å². The molecule has 12 heteroatoms. The van der Waals surface area contributed by atoms with Crippen LogP contribution in [0.1, 0.15) is 67.7 Å². The fraction of sp³-hybridized carbons (Fsp3) is 0.857. The lowest BCUT2D eigenvalue weighted by atomic mass is 10.1. The standard InChI is InChI=1S/C28H53N3O7S2/c1-23(2)11-10-13-30-26(32)37-17-9-8-16-36-25(5)39-40-28(6,7)12-18-38-27(33)31-15-20-35-22-21-34-19-14-29-24(3)4/h23-25,29H,8-9,12-22H2,1-7H3,(H,30,32)(H,31,33). The molecule has 0 bridgehead atoms. The fourth-order valence-corrected chi connectivity index (χ4v) is 5.03. The number of amides is 2. The predicted octanol–water partition coefficient (Wildman–Crippen LogP) is 4.82. The minimum atomic E-state index is -0.445. The molecule has 1 unspecified atom stereocenters. The number of rotatable bonds is 23. The number of hydrogen-bond acceptors (Lipinski definition) is 10. The average Bonchev–Trinajstić information content (AvgIpc) is 2.88. The molecule has 0 aromatic carbocycles. The highest BCUT2D eigenvalue weighted by Crippen LogP contribution is 2.40. The second-order valence-electron chi connectivity index (χ2n) is 10.2. The number of nitrogens with one attached hydrogen (secondary N) is 3. The third kappa shape index (κ3) is 28.2. The van der Waals surface area contributed by atoms with Crippen LogP contribution >= 0.6 is 21.6 Å². The van der Waals surface area contributed by atoms with E-state index < -0.39 is 12.2 Å². The Morgan fingerprint density at radius 1 is 0.800 bits per heavy atom. The Labute approximate surface area is 250 Å². The smallest absolute Gasteiger partial charge is 0.407 e. The molecule has 10 nitrogen and oxygen atoms in total. The molecule has 0 aliphatic heterocycles. The summed E-state index contributed by atoms with van der Waals surface area (Å²) >= 11 is 0. The van der Waals surface area contributed by atoms with Gasteiger partial charge in [0.1, 0.15) is 5.44 Å². The first-order valence-corrected chi connectivity index (χ1v) is 16.4. The molecule has 3 N–H and O–H groups in total. The van der Waals surface area contributed by atoms with Gasteiger partial charge in [0, 0.05) is 36.4 Å². The largest absolute Gasteiger partial charge is 0.450 e. The molecule has 0 rings (SSSR count). The monoisotopic (exact) mass is 607 g/mol. The van der Waals surface area contributed by atoms with Crippen molar-refractivity contribution in [3.63, 3.8) is 0 Å². The highest BCUT2D eigenvalue weighted by Gasteiger charge is 2.21. The third-order valence-electron chi connectivity index (χ3n) is 4.87. The van der Waals surface area contributed by atoms with Crippen LogP contribution in [0.4, 0.5) is 9.59 Å². The molecule has 0 aliphatic carbocycles. The lowest BCUT2D eigenvalue weighted by molar-refractivity contribution is 0.0489. The van der Waals surface area contributed by atoms with Crippen molar-refractivity contribution in [3.8, 4) is 11.8 Å². The zero-order valence-electron chi connectivity index (χ0n) is 25.6. The Hall–Kier alpha value is -1.36. The molecule has 0 heterocycles. The molecule has 0 spiro atoms. The summed E-state index contributed by atoms with van der Waals surface area (Å²) in [5.41, 5.74) is 0.0133. The van der Waals surface area contributed by atoms with Crippen LogP contribution in [-0.4, -0.2) is 94.3 Å². The third-order valence-corrected chi connectivity index (χ3v) is 8.48. The van der Waals surface area contributed by atoms with Gasteiger partial charge in [-0.3, -0.25) is 0 Å². The van der Waals surface area contributed by atoms with Crippen molar-refractivity contribution in [2.45, 2.75) is 84.0 Å². The van der Waals surface area contributed by atoms with E-state index in [1.807, 2.05) is 20.8 Å². The predicted molar refractivity (Wildman–Crippen MR) is 165 cm³/mol. The Balaban J connectivity index is 3.67. The van der Waals surface area contributed by atoms with E-state index in [-0.39, 0.29) is 16.1 Å². The van der Waals surface area contributed by atoms with Crippen LogP contribution in [0.25, 0.3) is 0 Å². The van der Waals surface area contributed by atoms with Gasteiger partial charge < -0.3 is 39.6 Å². The van der Waals surface area contributed by atoms with E-state index in [1.54, 1.807) is 21.6 Å². The van der Waals surface area contributed by atoms with Crippen molar-refractivity contribution in [3.05, 3.63) is 0 Å². The first kappa shape index (κ1) is 38.6. The van der Waals surface area contributed by atoms with Gasteiger partial charge in [0.25, 0.3) is 0 Å². The highest BCUT2D eigenvalue weighted by atomic mass is 33.1. The van der Waals surface area contributed by atoms with E-state index in [0.29, 0.717) is 71.8 Å². The number of ether oxygens (including phenoxy) is 5. The number of unbranched alkanes of at least 4 members (excludes halogenated alkanes) is 1. The lowest BCUT2D eigenvalue weighted by Gasteiger charge is -2.24. The summed E-state index contributed by atoms with van der Waals surface area (Å²) in [5.74, 6) is 6.14. The first-order chi connectivity index (χ1) is 19.0. The number of hydrogen-bond donors (Lipinski definition) is 3. The van der Waals surface area contributed by atoms with E-state index in [9.17, 15) is 9.59 Å². The van der Waals surface area contributed by atoms with E-state index >= 15 is 0 Å². The zero-order chi connectivity index (χ0) is 30.1. The summed E-state index contributed by atoms with van der Waals surface area (Å²) in [6, 6.07) is 0.454. The molecule has 40 heavy (non-hydrogen) atoms. The van der Waals surface area contributed by atoms with E-state index in [1.165, 1.54) is 0 Å². The summed E-state index contributed by atoms with van der Waals surface area (Å²) in [7, 11) is 3.36. The second kappa shape index (κ2) is 25.4. The number of carbonyl (C=O) groups excluding carboxylic acids is 2. The van der Waals surface area contributed by atoms with Crippen molar-refractivity contribution in [2.75, 3.05) is 65.9 Å². The molecule has 0 fully saturated rings. The molecule has 0 aromatic heterocycles. The zero-order valence-corrected chi connectivity index (χ0v) is 27.2. The molecule has 0 saturated carbocycles. The molecule has 2 amide bonds. The minimum absolute atomic E-state index is 0.0133. The Kier molecular flexibility index (Phi) is 24.5. The summed E-state index contributed by atoms with van der Waals surface area (Å²) in [5, 5.41) is 8.58. The summed E-state index contributed by atoms with van der Waals surface area (Å²) in [6.45, 7) is 19.3. The maximum absolute atomic E-state index is 11.9. The first-order valence-electron chi connectivity index (χ1n) is 14.2. The average molecular weight is 608 g/mol. The number of carbonyl (C=O) groups is 2. The van der Waals surface area contributed by atoms with Gasteiger partial charge in [-0.25, -0.2) is 9.59 Å². The van der Waals surface area contributed by atoms with Crippen LogP contribution in [0.2, 0.25) is 0 Å². The SMILES string of the molecule is CC(C)C#CCNC(=O)OCCCCOC(C)SSC(C)(C)CCOC(=O)NCCOCCOCCNC(C)C. The van der Waals surface area contributed by atoms with Gasteiger partial charge in [-0.2, -0.15) is 0 Å². The summed E-state index contributed by atoms with van der Waals surface area (Å²) < 4.78 is 27.1. The second-order valence-corrected chi connectivity index (χ2v) is 13.4. The van der Waals surface area contributed by atoms with Crippen molar-refractivity contribution in [1.82, 2.24) is 16.0 Å². The van der Waals surface area contributed by atoms with Crippen LogP contribution in [0.3, 0.4) is 0 Å². The molecular weight excluding hydrogens is 554 g/mol. The Morgan fingerprint density at radius 3 is 2.10 bits per heavy atom. The van der Waals surface area contributed by atoms with E-state index in [2.05, 4.69) is 55.5 Å². The van der Waals surface area contributed by atoms with E-state index in [0.717, 1.165) is 19.4 Å². The van der Waals surface area contributed by atoms with E-state index in [4.69, 9.17) is 23.7 Å². The van der Waals surface area contributed by atoms with Crippen LogP contribution in [-0.2, 0) is 23.7 Å². The molecule has 0 aromatic rings. The Bertz CT molecular complexity index is 716. The van der Waals surface area contributed by atoms with Gasteiger partial charge in [0.05, 0.1) is 46.2 Å². The van der Waals surface area contributed by atoms with Crippen molar-refractivity contribution in [1.29, 1.82) is 0 Å². The van der Waals surface area contributed by atoms with Gasteiger partial charge >= 0.3 is 12.2 Å². The topological polar surface area (TPSA) is 116 Å². The van der Waals surface area contributed by atoms with Crippen LogP contribution in [0, 0.1) is 17.8 Å². The molecule has 1 atom stereocenters. The van der Waals surface area contributed by atoms with Gasteiger partial charge in [-0.05, 0) is 40.0 Å². The van der Waals surface area contributed by atoms with Crippen LogP contribution in [0.5, 0.6) is 0 Å². The molecule has 0 aliphatic rings. The van der Waals surface area contributed by atoms with Crippen LogP contribution in [0.15, 0.2) is 0 Å². The maximum Gasteiger partial charge on any atom is 0.407 e. The highest BCUT2D eigenvalue weighted by molar-refractivity contribution is 8.77. The van der Waals surface area contributed by atoms with Gasteiger partial charge in [0.15, 0.2) is 0 Å². The minimum Gasteiger partial charge on any atom is -0.450 e. The molecule has 234 valence electrons. The number of alkyl carbamates (subject to hydrolysis) is 2. The van der Waals surface area contributed by atoms with Gasteiger partial charge in [0.2, 0.25) is 0 Å². The lowest BCUT2D eigenvalue weighted by Crippen LogP contribution is -2.30. The molecule has 0 saturated heterocycles.